The average molecular weight is 329 g/mol. The lowest BCUT2D eigenvalue weighted by atomic mass is 10.3. The topological polar surface area (TPSA) is 62.3 Å². The number of likely N-dealkylation sites (tertiary alicyclic amines) is 1. The second-order valence-corrected chi connectivity index (χ2v) is 7.46. The number of alkyl halides is 3. The summed E-state index contributed by atoms with van der Waals surface area (Å²) < 4.78 is 61.9. The highest BCUT2D eigenvalue weighted by Crippen LogP contribution is 2.30. The standard InChI is InChI=1S/C10H14F3N3O2S2/c1-20(17,18)15-7-2-3-16(4-7)5-9-14-8(6-19-9)10(11,12)13/h6-7,15H,2-5H2,1H3/t7-/m0/s1. The quantitative estimate of drug-likeness (QED) is 0.904. The molecule has 0 bridgehead atoms. The van der Waals surface area contributed by atoms with Gasteiger partial charge in [0.25, 0.3) is 0 Å². The monoisotopic (exact) mass is 329 g/mol. The fourth-order valence-corrected chi connectivity index (χ4v) is 3.72. The maximum atomic E-state index is 12.4. The van der Waals surface area contributed by atoms with Crippen LogP contribution in [0, 0.1) is 0 Å². The number of hydrogen-bond acceptors (Lipinski definition) is 5. The van der Waals surface area contributed by atoms with Gasteiger partial charge in [-0.05, 0) is 6.42 Å². The Kier molecular flexibility index (Phi) is 4.38. The van der Waals surface area contributed by atoms with E-state index in [1.165, 1.54) is 0 Å². The zero-order valence-electron chi connectivity index (χ0n) is 10.6. The predicted molar refractivity (Wildman–Crippen MR) is 68.8 cm³/mol. The fraction of sp³-hybridized carbons (Fsp3) is 0.700. The fourth-order valence-electron chi connectivity index (χ4n) is 2.08. The van der Waals surface area contributed by atoms with E-state index in [2.05, 4.69) is 9.71 Å². The van der Waals surface area contributed by atoms with E-state index < -0.39 is 21.9 Å². The average Bonchev–Trinajstić information content (AvgIpc) is 2.85. The van der Waals surface area contributed by atoms with Crippen LogP contribution in [0.15, 0.2) is 5.38 Å². The molecule has 0 saturated carbocycles. The van der Waals surface area contributed by atoms with Gasteiger partial charge >= 0.3 is 6.18 Å². The second-order valence-electron chi connectivity index (χ2n) is 4.73. The van der Waals surface area contributed by atoms with E-state index in [4.69, 9.17) is 0 Å². The molecule has 2 rings (SSSR count). The van der Waals surface area contributed by atoms with Crippen molar-refractivity contribution in [1.82, 2.24) is 14.6 Å². The zero-order valence-corrected chi connectivity index (χ0v) is 12.3. The van der Waals surface area contributed by atoms with E-state index in [0.29, 0.717) is 31.1 Å². The van der Waals surface area contributed by atoms with Gasteiger partial charge in [-0.1, -0.05) is 0 Å². The van der Waals surface area contributed by atoms with Crippen molar-refractivity contribution < 1.29 is 21.6 Å². The molecule has 20 heavy (non-hydrogen) atoms. The Morgan fingerprint density at radius 1 is 1.55 bits per heavy atom. The number of aromatic nitrogens is 1. The number of thiazole rings is 1. The molecule has 1 aromatic rings. The normalized spacial score (nSPS) is 21.5. The Labute approximate surface area is 118 Å². The van der Waals surface area contributed by atoms with E-state index in [1.807, 2.05) is 4.90 Å². The molecule has 0 radical (unpaired) electrons. The molecule has 114 valence electrons. The predicted octanol–water partition coefficient (Wildman–Crippen LogP) is 1.29. The summed E-state index contributed by atoms with van der Waals surface area (Å²) in [4.78, 5) is 5.45. The maximum Gasteiger partial charge on any atom is 0.434 e. The molecule has 0 unspecified atom stereocenters. The summed E-state index contributed by atoms with van der Waals surface area (Å²) in [5.74, 6) is 0. The first-order chi connectivity index (χ1) is 9.13. The third-order valence-corrected chi connectivity index (χ3v) is 4.45. The van der Waals surface area contributed by atoms with Gasteiger partial charge in [0.15, 0.2) is 5.69 Å². The smallest absolute Gasteiger partial charge is 0.295 e. The van der Waals surface area contributed by atoms with Gasteiger partial charge in [-0.15, -0.1) is 11.3 Å². The highest BCUT2D eigenvalue weighted by Gasteiger charge is 2.34. The summed E-state index contributed by atoms with van der Waals surface area (Å²) in [5.41, 5.74) is -0.873. The molecule has 0 aromatic carbocycles. The van der Waals surface area contributed by atoms with Gasteiger partial charge in [-0.25, -0.2) is 18.1 Å². The summed E-state index contributed by atoms with van der Waals surface area (Å²) in [5, 5.41) is 1.38. The molecule has 1 aromatic heterocycles. The number of nitrogens with zero attached hydrogens (tertiary/aromatic N) is 2. The van der Waals surface area contributed by atoms with Crippen LogP contribution in [-0.2, 0) is 22.7 Å². The molecule has 5 nitrogen and oxygen atoms in total. The maximum absolute atomic E-state index is 12.4. The summed E-state index contributed by atoms with van der Waals surface area (Å²) in [6, 6.07) is -0.188. The summed E-state index contributed by atoms with van der Waals surface area (Å²) >= 11 is 0.966. The van der Waals surface area contributed by atoms with E-state index in [0.717, 1.165) is 23.0 Å². The number of hydrogen-bond donors (Lipinski definition) is 1. The lowest BCUT2D eigenvalue weighted by Crippen LogP contribution is -2.36. The largest absolute Gasteiger partial charge is 0.434 e. The molecule has 1 saturated heterocycles. The molecular weight excluding hydrogens is 315 g/mol. The molecule has 2 heterocycles. The molecule has 1 aliphatic heterocycles. The Morgan fingerprint density at radius 3 is 2.80 bits per heavy atom. The first-order valence-electron chi connectivity index (χ1n) is 5.85. The van der Waals surface area contributed by atoms with Gasteiger partial charge in [0.1, 0.15) is 5.01 Å². The molecular formula is C10H14F3N3O2S2. The third kappa shape index (κ3) is 4.40. The lowest BCUT2D eigenvalue weighted by Gasteiger charge is -2.14. The van der Waals surface area contributed by atoms with Gasteiger partial charge in [-0.2, -0.15) is 13.2 Å². The molecule has 0 spiro atoms. The Balaban J connectivity index is 1.91. The van der Waals surface area contributed by atoms with Gasteiger partial charge < -0.3 is 0 Å². The van der Waals surface area contributed by atoms with Crippen molar-refractivity contribution in [2.75, 3.05) is 19.3 Å². The van der Waals surface area contributed by atoms with E-state index >= 15 is 0 Å². The summed E-state index contributed by atoms with van der Waals surface area (Å²) in [6.45, 7) is 1.42. The highest BCUT2D eigenvalue weighted by atomic mass is 32.2. The van der Waals surface area contributed by atoms with Gasteiger partial charge in [0, 0.05) is 24.5 Å². The second kappa shape index (κ2) is 5.58. The Bertz CT molecular complexity index is 571. The van der Waals surface area contributed by atoms with Crippen LogP contribution in [0.4, 0.5) is 13.2 Å². The van der Waals surface area contributed by atoms with Crippen LogP contribution in [0.3, 0.4) is 0 Å². The van der Waals surface area contributed by atoms with Crippen molar-refractivity contribution in [2.24, 2.45) is 0 Å². The molecule has 1 fully saturated rings. The molecule has 0 aliphatic carbocycles. The number of rotatable bonds is 4. The van der Waals surface area contributed by atoms with Crippen LogP contribution in [0.2, 0.25) is 0 Å². The third-order valence-electron chi connectivity index (χ3n) is 2.85. The highest BCUT2D eigenvalue weighted by molar-refractivity contribution is 7.88. The van der Waals surface area contributed by atoms with Crippen LogP contribution < -0.4 is 4.72 Å². The minimum Gasteiger partial charge on any atom is -0.295 e. The van der Waals surface area contributed by atoms with Crippen LogP contribution in [0.5, 0.6) is 0 Å². The van der Waals surface area contributed by atoms with Crippen molar-refractivity contribution in [3.63, 3.8) is 0 Å². The van der Waals surface area contributed by atoms with E-state index in [9.17, 15) is 21.6 Å². The number of halogens is 3. The lowest BCUT2D eigenvalue weighted by molar-refractivity contribution is -0.140. The molecule has 0 amide bonds. The first-order valence-corrected chi connectivity index (χ1v) is 8.62. The molecule has 1 atom stereocenters. The van der Waals surface area contributed by atoms with Gasteiger partial charge in [-0.3, -0.25) is 4.90 Å². The van der Waals surface area contributed by atoms with Gasteiger partial charge in [0.05, 0.1) is 12.8 Å². The van der Waals surface area contributed by atoms with Crippen LogP contribution >= 0.6 is 11.3 Å². The van der Waals surface area contributed by atoms with Crippen molar-refractivity contribution in [1.29, 1.82) is 0 Å². The van der Waals surface area contributed by atoms with Crippen molar-refractivity contribution >= 4 is 21.4 Å². The number of sulfonamides is 1. The van der Waals surface area contributed by atoms with E-state index in [1.54, 1.807) is 0 Å². The Morgan fingerprint density at radius 2 is 2.25 bits per heavy atom. The van der Waals surface area contributed by atoms with Crippen molar-refractivity contribution in [3.8, 4) is 0 Å². The molecule has 1 aliphatic rings. The van der Waals surface area contributed by atoms with Crippen molar-refractivity contribution in [3.05, 3.63) is 16.1 Å². The SMILES string of the molecule is CS(=O)(=O)N[C@H]1CCN(Cc2nc(C(F)(F)F)cs2)C1. The zero-order chi connectivity index (χ0) is 15.0. The Hall–Kier alpha value is -0.710. The molecule has 10 heteroatoms. The van der Waals surface area contributed by atoms with Gasteiger partial charge in [0.2, 0.25) is 10.0 Å². The van der Waals surface area contributed by atoms with Crippen LogP contribution in [0.25, 0.3) is 0 Å². The molecule has 1 N–H and O–H groups in total. The minimum atomic E-state index is -4.42. The van der Waals surface area contributed by atoms with Crippen LogP contribution in [0.1, 0.15) is 17.1 Å². The first kappa shape index (κ1) is 15.7. The minimum absolute atomic E-state index is 0.188. The van der Waals surface area contributed by atoms with E-state index in [-0.39, 0.29) is 6.04 Å². The van der Waals surface area contributed by atoms with Crippen molar-refractivity contribution in [2.45, 2.75) is 25.2 Å². The summed E-state index contributed by atoms with van der Waals surface area (Å²) in [6.07, 6.45) is -2.68. The van der Waals surface area contributed by atoms with Crippen LogP contribution in [-0.4, -0.2) is 43.7 Å². The number of nitrogens with one attached hydrogen (secondary N) is 1. The summed E-state index contributed by atoms with van der Waals surface area (Å²) in [7, 11) is -3.26.